The molecule has 6 heteroatoms. The maximum atomic E-state index is 12.6. The molecule has 1 aliphatic heterocycles. The largest absolute Gasteiger partial charge is 0.494 e. The summed E-state index contributed by atoms with van der Waals surface area (Å²) in [6.07, 6.45) is 1.73. The predicted octanol–water partition coefficient (Wildman–Crippen LogP) is 5.09. The second kappa shape index (κ2) is 7.23. The summed E-state index contributed by atoms with van der Waals surface area (Å²) in [5, 5.41) is -0.299. The van der Waals surface area contributed by atoms with Gasteiger partial charge in [0.2, 0.25) is 0 Å². The molecule has 0 saturated carbocycles. The Kier molecular flexibility index (Phi) is 5.06. The van der Waals surface area contributed by atoms with E-state index < -0.39 is 0 Å². The minimum Gasteiger partial charge on any atom is -0.494 e. The molecule has 0 atom stereocenters. The number of halogens is 1. The van der Waals surface area contributed by atoms with Crippen molar-refractivity contribution in [3.63, 3.8) is 0 Å². The lowest BCUT2D eigenvalue weighted by molar-refractivity contribution is -0.113. The summed E-state index contributed by atoms with van der Waals surface area (Å²) in [5.74, 6) is 0.399. The van der Waals surface area contributed by atoms with Gasteiger partial charge in [-0.1, -0.05) is 28.1 Å². The number of hydrogen-bond donors (Lipinski definition) is 0. The first-order valence-electron chi connectivity index (χ1n) is 7.35. The maximum Gasteiger partial charge on any atom is 0.298 e. The zero-order valence-electron chi connectivity index (χ0n) is 12.9. The summed E-state index contributed by atoms with van der Waals surface area (Å²) in [4.78, 5) is 26.4. The van der Waals surface area contributed by atoms with E-state index in [2.05, 4.69) is 15.9 Å². The van der Waals surface area contributed by atoms with Gasteiger partial charge in [-0.3, -0.25) is 9.59 Å². The molecule has 3 rings (SSSR count). The standard InChI is InChI=1S/C18H14BrNO3S/c1-2-23-15-9-7-14(8-10-15)20-17(21)16(24-18(20)22)11-12-3-5-13(19)6-4-12/h3-11H,2H2,1H3/b16-11-. The quantitative estimate of drug-likeness (QED) is 0.667. The highest BCUT2D eigenvalue weighted by Crippen LogP contribution is 2.36. The smallest absolute Gasteiger partial charge is 0.298 e. The molecule has 0 bridgehead atoms. The molecule has 1 heterocycles. The Morgan fingerprint density at radius 3 is 2.38 bits per heavy atom. The Labute approximate surface area is 152 Å². The van der Waals surface area contributed by atoms with Crippen LogP contribution in [0.3, 0.4) is 0 Å². The number of ether oxygens (including phenoxy) is 1. The fourth-order valence-electron chi connectivity index (χ4n) is 2.26. The molecule has 1 saturated heterocycles. The number of anilines is 1. The van der Waals surface area contributed by atoms with E-state index >= 15 is 0 Å². The number of carbonyl (C=O) groups excluding carboxylic acids is 2. The van der Waals surface area contributed by atoms with Gasteiger partial charge in [0, 0.05) is 4.47 Å². The van der Waals surface area contributed by atoms with E-state index in [1.165, 1.54) is 4.90 Å². The van der Waals surface area contributed by atoms with Crippen LogP contribution in [0, 0.1) is 0 Å². The second-order valence-corrected chi connectivity index (χ2v) is 6.90. The molecule has 122 valence electrons. The number of nitrogens with zero attached hydrogens (tertiary/aromatic N) is 1. The van der Waals surface area contributed by atoms with E-state index in [-0.39, 0.29) is 11.1 Å². The minimum absolute atomic E-state index is 0.299. The highest BCUT2D eigenvalue weighted by molar-refractivity contribution is 9.10. The first kappa shape index (κ1) is 16.8. The monoisotopic (exact) mass is 403 g/mol. The van der Waals surface area contributed by atoms with Crippen molar-refractivity contribution < 1.29 is 14.3 Å². The van der Waals surface area contributed by atoms with Crippen molar-refractivity contribution in [2.75, 3.05) is 11.5 Å². The number of thioether (sulfide) groups is 1. The van der Waals surface area contributed by atoms with Gasteiger partial charge >= 0.3 is 0 Å². The van der Waals surface area contributed by atoms with Gasteiger partial charge in [-0.15, -0.1) is 0 Å². The maximum absolute atomic E-state index is 12.6. The molecule has 2 aromatic carbocycles. The van der Waals surface area contributed by atoms with Crippen molar-refractivity contribution in [2.45, 2.75) is 6.92 Å². The second-order valence-electron chi connectivity index (χ2n) is 5.00. The number of imide groups is 1. The van der Waals surface area contributed by atoms with Crippen LogP contribution < -0.4 is 9.64 Å². The van der Waals surface area contributed by atoms with Crippen LogP contribution in [0.5, 0.6) is 5.75 Å². The third-order valence-electron chi connectivity index (χ3n) is 3.37. The van der Waals surface area contributed by atoms with Crippen molar-refractivity contribution in [1.29, 1.82) is 0 Å². The molecular formula is C18H14BrNO3S. The van der Waals surface area contributed by atoms with Crippen LogP contribution in [-0.4, -0.2) is 17.8 Å². The molecule has 1 fully saturated rings. The van der Waals surface area contributed by atoms with Gasteiger partial charge in [-0.25, -0.2) is 4.90 Å². The lowest BCUT2D eigenvalue weighted by Gasteiger charge is -2.13. The van der Waals surface area contributed by atoms with Crippen LogP contribution >= 0.6 is 27.7 Å². The van der Waals surface area contributed by atoms with Gasteiger partial charge in [0.05, 0.1) is 17.2 Å². The topological polar surface area (TPSA) is 46.6 Å². The molecule has 2 aromatic rings. The average molecular weight is 404 g/mol. The Bertz CT molecular complexity index is 800. The van der Waals surface area contributed by atoms with Crippen LogP contribution in [0.2, 0.25) is 0 Å². The summed E-state index contributed by atoms with van der Waals surface area (Å²) in [5.41, 5.74) is 1.41. The van der Waals surface area contributed by atoms with E-state index in [1.807, 2.05) is 31.2 Å². The zero-order valence-corrected chi connectivity index (χ0v) is 15.3. The summed E-state index contributed by atoms with van der Waals surface area (Å²) >= 11 is 4.32. The van der Waals surface area contributed by atoms with E-state index in [9.17, 15) is 9.59 Å². The fraction of sp³-hybridized carbons (Fsp3) is 0.111. The fourth-order valence-corrected chi connectivity index (χ4v) is 3.36. The molecule has 24 heavy (non-hydrogen) atoms. The van der Waals surface area contributed by atoms with Crippen LogP contribution in [-0.2, 0) is 4.79 Å². The Hall–Kier alpha value is -2.05. The van der Waals surface area contributed by atoms with E-state index in [0.29, 0.717) is 22.9 Å². The molecule has 0 N–H and O–H groups in total. The molecule has 0 unspecified atom stereocenters. The van der Waals surface area contributed by atoms with Gasteiger partial charge in [0.15, 0.2) is 0 Å². The molecule has 0 aliphatic carbocycles. The van der Waals surface area contributed by atoms with Crippen molar-refractivity contribution >= 4 is 50.6 Å². The van der Waals surface area contributed by atoms with Crippen molar-refractivity contribution in [1.82, 2.24) is 0 Å². The highest BCUT2D eigenvalue weighted by atomic mass is 79.9. The summed E-state index contributed by atoms with van der Waals surface area (Å²) in [7, 11) is 0. The molecule has 0 aromatic heterocycles. The summed E-state index contributed by atoms with van der Waals surface area (Å²) in [6.45, 7) is 2.47. The molecular weight excluding hydrogens is 390 g/mol. The third-order valence-corrected chi connectivity index (χ3v) is 4.77. The van der Waals surface area contributed by atoms with Gasteiger partial charge < -0.3 is 4.74 Å². The number of rotatable bonds is 4. The van der Waals surface area contributed by atoms with Crippen LogP contribution in [0.4, 0.5) is 10.5 Å². The number of benzene rings is 2. The van der Waals surface area contributed by atoms with Crippen molar-refractivity contribution in [2.24, 2.45) is 0 Å². The normalized spacial score (nSPS) is 16.1. The molecule has 4 nitrogen and oxygen atoms in total. The van der Waals surface area contributed by atoms with Gasteiger partial charge in [-0.2, -0.15) is 0 Å². The van der Waals surface area contributed by atoms with Gasteiger partial charge in [0.25, 0.3) is 11.1 Å². The van der Waals surface area contributed by atoms with Gasteiger partial charge in [0.1, 0.15) is 5.75 Å². The molecule has 0 spiro atoms. The molecule has 1 aliphatic rings. The zero-order chi connectivity index (χ0) is 17.1. The number of amides is 2. The highest BCUT2D eigenvalue weighted by Gasteiger charge is 2.36. The first-order chi connectivity index (χ1) is 11.6. The van der Waals surface area contributed by atoms with Crippen molar-refractivity contribution in [3.05, 3.63) is 63.5 Å². The van der Waals surface area contributed by atoms with Crippen LogP contribution in [0.1, 0.15) is 12.5 Å². The minimum atomic E-state index is -0.308. The number of hydrogen-bond acceptors (Lipinski definition) is 4. The van der Waals surface area contributed by atoms with E-state index in [4.69, 9.17) is 4.74 Å². The first-order valence-corrected chi connectivity index (χ1v) is 8.96. The third kappa shape index (κ3) is 3.55. The predicted molar refractivity (Wildman–Crippen MR) is 100 cm³/mol. The molecule has 0 radical (unpaired) electrons. The Morgan fingerprint density at radius 2 is 1.75 bits per heavy atom. The van der Waals surface area contributed by atoms with E-state index in [0.717, 1.165) is 21.8 Å². The van der Waals surface area contributed by atoms with Crippen LogP contribution in [0.25, 0.3) is 6.08 Å². The molecule has 2 amide bonds. The summed E-state index contributed by atoms with van der Waals surface area (Å²) in [6, 6.07) is 14.5. The van der Waals surface area contributed by atoms with Crippen LogP contribution in [0.15, 0.2) is 57.9 Å². The van der Waals surface area contributed by atoms with E-state index in [1.54, 1.807) is 30.3 Å². The SMILES string of the molecule is CCOc1ccc(N2C(=O)S/C(=C\c3ccc(Br)cc3)C2=O)cc1. The van der Waals surface area contributed by atoms with Crippen molar-refractivity contribution in [3.8, 4) is 5.75 Å². The lowest BCUT2D eigenvalue weighted by Crippen LogP contribution is -2.27. The Morgan fingerprint density at radius 1 is 1.08 bits per heavy atom. The Balaban J connectivity index is 1.84. The summed E-state index contributed by atoms with van der Waals surface area (Å²) < 4.78 is 6.34. The van der Waals surface area contributed by atoms with Gasteiger partial charge in [-0.05, 0) is 66.7 Å². The number of carbonyl (C=O) groups is 2. The average Bonchev–Trinajstić information content (AvgIpc) is 2.85. The lowest BCUT2D eigenvalue weighted by atomic mass is 10.2.